The molecule has 5 heteroatoms. The topological polar surface area (TPSA) is 67.4 Å². The molecule has 0 heterocycles. The van der Waals surface area contributed by atoms with Crippen LogP contribution in [0.5, 0.6) is 0 Å². The first-order valence-corrected chi connectivity index (χ1v) is 8.87. The van der Waals surface area contributed by atoms with Crippen LogP contribution in [0, 0.1) is 13.8 Å². The van der Waals surface area contributed by atoms with Gasteiger partial charge in [0.15, 0.2) is 0 Å². The minimum Gasteiger partial charge on any atom is -0.462 e. The molecule has 2 amide bonds. The Morgan fingerprint density at radius 1 is 1.00 bits per heavy atom. The number of carbonyl (C=O) groups excluding carboxylic acids is 2. The van der Waals surface area contributed by atoms with E-state index in [0.29, 0.717) is 24.4 Å². The molecule has 0 spiro atoms. The van der Waals surface area contributed by atoms with Crippen LogP contribution in [0.25, 0.3) is 0 Å². The number of esters is 1. The molecule has 2 N–H and O–H groups in total. The van der Waals surface area contributed by atoms with E-state index in [0.717, 1.165) is 18.4 Å². The summed E-state index contributed by atoms with van der Waals surface area (Å²) in [5, 5.41) is 5.59. The molecule has 2 aromatic carbocycles. The van der Waals surface area contributed by atoms with Crippen molar-refractivity contribution in [1.82, 2.24) is 5.32 Å². The van der Waals surface area contributed by atoms with Gasteiger partial charge in [-0.1, -0.05) is 42.7 Å². The molecule has 0 aromatic heterocycles. The quantitative estimate of drug-likeness (QED) is 0.565. The number of unbranched alkanes of at least 4 members (excludes halogenated alkanes) is 1. The van der Waals surface area contributed by atoms with E-state index in [-0.39, 0.29) is 12.0 Å². The second-order valence-electron chi connectivity index (χ2n) is 6.37. The van der Waals surface area contributed by atoms with Crippen molar-refractivity contribution in [3.8, 4) is 0 Å². The number of nitrogens with one attached hydrogen (secondary N) is 2. The first-order valence-electron chi connectivity index (χ1n) is 8.87. The molecule has 0 saturated heterocycles. The zero-order valence-electron chi connectivity index (χ0n) is 15.6. The number of rotatable bonds is 7. The Bertz CT molecular complexity index is 734. The molecule has 5 nitrogen and oxygen atoms in total. The normalized spacial score (nSPS) is 10.3. The molecule has 0 fully saturated rings. The molecule has 0 atom stereocenters. The van der Waals surface area contributed by atoms with Gasteiger partial charge >= 0.3 is 12.0 Å². The Kier molecular flexibility index (Phi) is 7.21. The fourth-order valence-electron chi connectivity index (χ4n) is 2.61. The molecular weight excluding hydrogens is 328 g/mol. The highest BCUT2D eigenvalue weighted by molar-refractivity contribution is 5.92. The maximum atomic E-state index is 12.0. The highest BCUT2D eigenvalue weighted by Crippen LogP contribution is 2.12. The SMILES string of the molecule is CCCCOC(=O)c1ccc(NC(=O)NCc2cc(C)cc(C)c2)cc1. The third kappa shape index (κ3) is 6.24. The van der Waals surface area contributed by atoms with E-state index in [1.54, 1.807) is 24.3 Å². The number of hydrogen-bond acceptors (Lipinski definition) is 3. The van der Waals surface area contributed by atoms with Crippen LogP contribution in [0.3, 0.4) is 0 Å². The third-order valence-corrected chi connectivity index (χ3v) is 3.84. The number of aryl methyl sites for hydroxylation is 2. The second kappa shape index (κ2) is 9.61. The standard InChI is InChI=1S/C21H26N2O3/c1-4-5-10-26-20(24)18-6-8-19(9-7-18)23-21(25)22-14-17-12-15(2)11-16(3)13-17/h6-9,11-13H,4-5,10,14H2,1-3H3,(H2,22,23,25). The summed E-state index contributed by atoms with van der Waals surface area (Å²) >= 11 is 0. The molecule has 0 unspecified atom stereocenters. The Balaban J connectivity index is 1.84. The molecule has 0 bridgehead atoms. The summed E-state index contributed by atoms with van der Waals surface area (Å²) in [4.78, 5) is 23.9. The zero-order chi connectivity index (χ0) is 18.9. The zero-order valence-corrected chi connectivity index (χ0v) is 15.6. The number of anilines is 1. The van der Waals surface area contributed by atoms with Crippen molar-refractivity contribution in [2.45, 2.75) is 40.2 Å². The first-order chi connectivity index (χ1) is 12.5. The Labute approximate surface area is 154 Å². The van der Waals surface area contributed by atoms with Gasteiger partial charge < -0.3 is 15.4 Å². The molecule has 2 aromatic rings. The smallest absolute Gasteiger partial charge is 0.338 e. The van der Waals surface area contributed by atoms with Crippen LogP contribution in [0.4, 0.5) is 10.5 Å². The number of ether oxygens (including phenoxy) is 1. The van der Waals surface area contributed by atoms with Crippen molar-refractivity contribution < 1.29 is 14.3 Å². The van der Waals surface area contributed by atoms with Crippen LogP contribution in [-0.4, -0.2) is 18.6 Å². The van der Waals surface area contributed by atoms with Crippen LogP contribution in [0.15, 0.2) is 42.5 Å². The number of hydrogen-bond donors (Lipinski definition) is 2. The summed E-state index contributed by atoms with van der Waals surface area (Å²) in [5.41, 5.74) is 4.49. The van der Waals surface area contributed by atoms with Crippen LogP contribution >= 0.6 is 0 Å². The molecule has 0 aliphatic rings. The van der Waals surface area contributed by atoms with Crippen molar-refractivity contribution in [1.29, 1.82) is 0 Å². The lowest BCUT2D eigenvalue weighted by Crippen LogP contribution is -2.28. The van der Waals surface area contributed by atoms with E-state index >= 15 is 0 Å². The Morgan fingerprint density at radius 3 is 2.27 bits per heavy atom. The number of amides is 2. The number of urea groups is 1. The summed E-state index contributed by atoms with van der Waals surface area (Å²) in [6.45, 7) is 6.99. The van der Waals surface area contributed by atoms with Gasteiger partial charge in [0, 0.05) is 12.2 Å². The highest BCUT2D eigenvalue weighted by atomic mass is 16.5. The molecule has 0 aliphatic heterocycles. The van der Waals surface area contributed by atoms with E-state index in [2.05, 4.69) is 16.7 Å². The van der Waals surface area contributed by atoms with Crippen molar-refractivity contribution in [2.24, 2.45) is 0 Å². The van der Waals surface area contributed by atoms with Gasteiger partial charge in [-0.3, -0.25) is 0 Å². The number of carbonyl (C=O) groups is 2. The van der Waals surface area contributed by atoms with Gasteiger partial charge in [0.05, 0.1) is 12.2 Å². The van der Waals surface area contributed by atoms with Gasteiger partial charge in [0.25, 0.3) is 0 Å². The summed E-state index contributed by atoms with van der Waals surface area (Å²) in [7, 11) is 0. The maximum absolute atomic E-state index is 12.0. The first kappa shape index (κ1) is 19.5. The molecule has 0 saturated carbocycles. The lowest BCUT2D eigenvalue weighted by atomic mass is 10.1. The average Bonchev–Trinajstić information content (AvgIpc) is 2.60. The molecule has 2 rings (SSSR count). The number of benzene rings is 2. The van der Waals surface area contributed by atoms with E-state index < -0.39 is 0 Å². The third-order valence-electron chi connectivity index (χ3n) is 3.84. The minimum atomic E-state index is -0.343. The van der Waals surface area contributed by atoms with Crippen LogP contribution in [0.2, 0.25) is 0 Å². The maximum Gasteiger partial charge on any atom is 0.338 e. The van der Waals surface area contributed by atoms with E-state index in [4.69, 9.17) is 4.74 Å². The molecule has 0 radical (unpaired) electrons. The van der Waals surface area contributed by atoms with Crippen LogP contribution in [-0.2, 0) is 11.3 Å². The van der Waals surface area contributed by atoms with Crippen molar-refractivity contribution in [2.75, 3.05) is 11.9 Å². The Morgan fingerprint density at radius 2 is 1.65 bits per heavy atom. The molecule has 138 valence electrons. The van der Waals surface area contributed by atoms with Crippen molar-refractivity contribution in [3.05, 3.63) is 64.7 Å². The van der Waals surface area contributed by atoms with Gasteiger partial charge in [-0.2, -0.15) is 0 Å². The van der Waals surface area contributed by atoms with Crippen LogP contribution in [0.1, 0.15) is 46.8 Å². The summed E-state index contributed by atoms with van der Waals surface area (Å²) in [6, 6.07) is 12.6. The monoisotopic (exact) mass is 354 g/mol. The predicted molar refractivity (Wildman–Crippen MR) is 103 cm³/mol. The van der Waals surface area contributed by atoms with Gasteiger partial charge in [-0.05, 0) is 50.1 Å². The summed E-state index contributed by atoms with van der Waals surface area (Å²) in [6.07, 6.45) is 1.83. The van der Waals surface area contributed by atoms with E-state index in [1.807, 2.05) is 32.9 Å². The van der Waals surface area contributed by atoms with E-state index in [1.165, 1.54) is 11.1 Å². The second-order valence-corrected chi connectivity index (χ2v) is 6.37. The van der Waals surface area contributed by atoms with Gasteiger partial charge in [-0.15, -0.1) is 0 Å². The average molecular weight is 354 g/mol. The van der Waals surface area contributed by atoms with Gasteiger partial charge in [0.2, 0.25) is 0 Å². The summed E-state index contributed by atoms with van der Waals surface area (Å²) in [5.74, 6) is -0.343. The molecular formula is C21H26N2O3. The van der Waals surface area contributed by atoms with E-state index in [9.17, 15) is 9.59 Å². The fraction of sp³-hybridized carbons (Fsp3) is 0.333. The molecule has 0 aliphatic carbocycles. The summed E-state index contributed by atoms with van der Waals surface area (Å²) < 4.78 is 5.16. The van der Waals surface area contributed by atoms with Gasteiger partial charge in [0.1, 0.15) is 0 Å². The predicted octanol–water partition coefficient (Wildman–Crippen LogP) is 4.58. The minimum absolute atomic E-state index is 0.289. The largest absolute Gasteiger partial charge is 0.462 e. The lowest BCUT2D eigenvalue weighted by molar-refractivity contribution is 0.0500. The fourth-order valence-corrected chi connectivity index (χ4v) is 2.61. The van der Waals surface area contributed by atoms with Gasteiger partial charge in [-0.25, -0.2) is 9.59 Å². The Hall–Kier alpha value is -2.82. The highest BCUT2D eigenvalue weighted by Gasteiger charge is 2.08. The van der Waals surface area contributed by atoms with Crippen molar-refractivity contribution in [3.63, 3.8) is 0 Å². The lowest BCUT2D eigenvalue weighted by Gasteiger charge is -2.10. The van der Waals surface area contributed by atoms with Crippen molar-refractivity contribution >= 4 is 17.7 Å². The molecule has 26 heavy (non-hydrogen) atoms. The van der Waals surface area contributed by atoms with Crippen LogP contribution < -0.4 is 10.6 Å².